The maximum absolute atomic E-state index is 7.08. The van der Waals surface area contributed by atoms with Crippen molar-refractivity contribution in [3.63, 3.8) is 0 Å². The second kappa shape index (κ2) is 12.9. The molecule has 0 amide bonds. The third-order valence-corrected chi connectivity index (χ3v) is 11.1. The number of aryl methyl sites for hydroxylation is 1. The summed E-state index contributed by atoms with van der Waals surface area (Å²) in [5.41, 5.74) is 14.6. The van der Waals surface area contributed by atoms with E-state index in [0.29, 0.717) is 0 Å². The van der Waals surface area contributed by atoms with Crippen molar-refractivity contribution in [2.75, 3.05) is 4.90 Å². The van der Waals surface area contributed by atoms with Gasteiger partial charge in [-0.25, -0.2) is 0 Å². The molecule has 0 saturated carbocycles. The topological polar surface area (TPSA) is 29.5 Å². The molecule has 0 aliphatic heterocycles. The van der Waals surface area contributed by atoms with Crippen LogP contribution >= 0.6 is 0 Å². The Kier molecular flexibility index (Phi) is 7.39. The minimum Gasteiger partial charge on any atom is -0.456 e. The smallest absolute Gasteiger partial charge is 0.144 e. The summed E-state index contributed by atoms with van der Waals surface area (Å²) in [4.78, 5) is 2.34. The van der Waals surface area contributed by atoms with Crippen LogP contribution in [0, 0.1) is 6.92 Å². The van der Waals surface area contributed by atoms with E-state index >= 15 is 0 Å². The van der Waals surface area contributed by atoms with E-state index in [1.165, 1.54) is 27.5 Å². The monoisotopic (exact) mass is 717 g/mol. The highest BCUT2D eigenvalue weighted by Crippen LogP contribution is 2.47. The Balaban J connectivity index is 1.14. The Bertz CT molecular complexity index is 3250. The molecule has 0 bridgehead atoms. The molecule has 0 N–H and O–H groups in total. The molecule has 2 heterocycles. The van der Waals surface area contributed by atoms with E-state index in [4.69, 9.17) is 8.83 Å². The van der Waals surface area contributed by atoms with Gasteiger partial charge in [0.15, 0.2) is 0 Å². The number of rotatable bonds is 6. The average molecular weight is 718 g/mol. The molecule has 2 aromatic heterocycles. The third-order valence-electron chi connectivity index (χ3n) is 11.1. The number of anilines is 3. The van der Waals surface area contributed by atoms with E-state index in [0.717, 1.165) is 83.2 Å². The zero-order valence-corrected chi connectivity index (χ0v) is 30.7. The highest BCUT2D eigenvalue weighted by atomic mass is 16.3. The lowest BCUT2D eigenvalue weighted by Crippen LogP contribution is -2.11. The summed E-state index contributed by atoms with van der Waals surface area (Å²) in [6.45, 7) is 2.14. The second-order valence-electron chi connectivity index (χ2n) is 14.6. The highest BCUT2D eigenvalue weighted by molar-refractivity contribution is 6.24. The summed E-state index contributed by atoms with van der Waals surface area (Å²) < 4.78 is 13.7. The molecule has 0 saturated heterocycles. The Morgan fingerprint density at radius 3 is 1.89 bits per heavy atom. The maximum atomic E-state index is 7.08. The van der Waals surface area contributed by atoms with Crippen LogP contribution in [0.25, 0.3) is 88.0 Å². The van der Waals surface area contributed by atoms with Crippen molar-refractivity contribution in [2.24, 2.45) is 0 Å². The molecule has 11 rings (SSSR count). The van der Waals surface area contributed by atoms with Crippen LogP contribution in [0.1, 0.15) is 5.56 Å². The summed E-state index contributed by atoms with van der Waals surface area (Å²) >= 11 is 0. The van der Waals surface area contributed by atoms with Crippen LogP contribution in [-0.2, 0) is 0 Å². The van der Waals surface area contributed by atoms with Crippen LogP contribution in [0.15, 0.2) is 203 Å². The van der Waals surface area contributed by atoms with Gasteiger partial charge in [-0.05, 0) is 88.5 Å². The number of fused-ring (bicyclic) bond motifs is 7. The summed E-state index contributed by atoms with van der Waals surface area (Å²) in [5, 5.41) is 6.62. The van der Waals surface area contributed by atoms with Gasteiger partial charge in [-0.2, -0.15) is 0 Å². The van der Waals surface area contributed by atoms with Gasteiger partial charge in [0, 0.05) is 50.1 Å². The number of hydrogen-bond donors (Lipinski definition) is 0. The molecule has 0 unspecified atom stereocenters. The first-order chi connectivity index (χ1) is 27.7. The standard InChI is InChI=1S/C53H35NO2/c1-34-20-21-39-31-40(23-22-38(39)30-34)51-52-45-17-9-11-19-48(45)55-50(52)33-46-44-29-28-42(32-49(44)56-53(46)51)54(41-26-24-36(25-27-41)35-12-4-2-5-13-35)47-18-10-8-16-43(47)37-14-6-3-7-15-37/h2-33H,1H3. The Labute approximate surface area is 324 Å². The van der Waals surface area contributed by atoms with Crippen LogP contribution in [0.4, 0.5) is 17.1 Å². The molecule has 3 nitrogen and oxygen atoms in total. The van der Waals surface area contributed by atoms with Crippen molar-refractivity contribution in [3.8, 4) is 33.4 Å². The van der Waals surface area contributed by atoms with Crippen LogP contribution in [0.3, 0.4) is 0 Å². The fourth-order valence-electron chi connectivity index (χ4n) is 8.43. The second-order valence-corrected chi connectivity index (χ2v) is 14.6. The van der Waals surface area contributed by atoms with E-state index < -0.39 is 0 Å². The van der Waals surface area contributed by atoms with Crippen molar-refractivity contribution in [3.05, 3.63) is 200 Å². The summed E-state index contributed by atoms with van der Waals surface area (Å²) in [6, 6.07) is 69.0. The predicted molar refractivity (Wildman–Crippen MR) is 234 cm³/mol. The van der Waals surface area contributed by atoms with Crippen molar-refractivity contribution < 1.29 is 8.83 Å². The van der Waals surface area contributed by atoms with Gasteiger partial charge in [0.25, 0.3) is 0 Å². The normalized spacial score (nSPS) is 11.7. The van der Waals surface area contributed by atoms with E-state index in [1.54, 1.807) is 0 Å². The van der Waals surface area contributed by atoms with Crippen LogP contribution < -0.4 is 4.90 Å². The number of benzene rings is 9. The van der Waals surface area contributed by atoms with E-state index in [-0.39, 0.29) is 0 Å². The van der Waals surface area contributed by atoms with Crippen molar-refractivity contribution in [1.82, 2.24) is 0 Å². The van der Waals surface area contributed by atoms with Gasteiger partial charge in [0.05, 0.1) is 5.69 Å². The van der Waals surface area contributed by atoms with Crippen molar-refractivity contribution >= 4 is 71.7 Å². The number of nitrogens with zero attached hydrogens (tertiary/aromatic N) is 1. The van der Waals surface area contributed by atoms with Gasteiger partial charge in [0.1, 0.15) is 22.3 Å². The van der Waals surface area contributed by atoms with Crippen LogP contribution in [-0.4, -0.2) is 0 Å². The summed E-state index contributed by atoms with van der Waals surface area (Å²) in [6.07, 6.45) is 0. The maximum Gasteiger partial charge on any atom is 0.144 e. The Morgan fingerprint density at radius 1 is 0.393 bits per heavy atom. The lowest BCUT2D eigenvalue weighted by molar-refractivity contribution is 0.664. The zero-order valence-electron chi connectivity index (χ0n) is 30.7. The largest absolute Gasteiger partial charge is 0.456 e. The van der Waals surface area contributed by atoms with Crippen molar-refractivity contribution in [1.29, 1.82) is 0 Å². The lowest BCUT2D eigenvalue weighted by atomic mass is 9.94. The minimum absolute atomic E-state index is 0.815. The first kappa shape index (κ1) is 32.1. The quantitative estimate of drug-likeness (QED) is 0.171. The molecule has 0 aliphatic carbocycles. The molecular weight excluding hydrogens is 683 g/mol. The molecule has 11 aromatic rings. The molecule has 0 spiro atoms. The molecule has 0 radical (unpaired) electrons. The summed E-state index contributed by atoms with van der Waals surface area (Å²) in [7, 11) is 0. The molecule has 0 fully saturated rings. The SMILES string of the molecule is Cc1ccc2cc(-c3c4oc5cc(N(c6ccc(-c7ccccc7)cc6)c6ccccc6-c6ccccc6)ccc5c4cc4oc5ccccc5c34)ccc2c1. The minimum atomic E-state index is 0.815. The average Bonchev–Trinajstić information content (AvgIpc) is 3.81. The van der Waals surface area contributed by atoms with Gasteiger partial charge in [-0.15, -0.1) is 0 Å². The molecule has 56 heavy (non-hydrogen) atoms. The Morgan fingerprint density at radius 2 is 1.05 bits per heavy atom. The Hall–Kier alpha value is -7.36. The molecule has 0 aliphatic rings. The number of para-hydroxylation sites is 2. The first-order valence-electron chi connectivity index (χ1n) is 19.1. The number of furan rings is 2. The van der Waals surface area contributed by atoms with E-state index in [1.807, 2.05) is 12.1 Å². The van der Waals surface area contributed by atoms with Gasteiger partial charge < -0.3 is 13.7 Å². The zero-order chi connectivity index (χ0) is 37.2. The number of hydrogen-bond acceptors (Lipinski definition) is 3. The van der Waals surface area contributed by atoms with Crippen LogP contribution in [0.2, 0.25) is 0 Å². The van der Waals surface area contributed by atoms with Gasteiger partial charge in [-0.3, -0.25) is 0 Å². The third kappa shape index (κ3) is 5.28. The van der Waals surface area contributed by atoms with Crippen molar-refractivity contribution in [2.45, 2.75) is 6.92 Å². The van der Waals surface area contributed by atoms with Gasteiger partial charge >= 0.3 is 0 Å². The molecule has 264 valence electrons. The highest BCUT2D eigenvalue weighted by Gasteiger charge is 2.23. The van der Waals surface area contributed by atoms with E-state index in [2.05, 4.69) is 194 Å². The van der Waals surface area contributed by atoms with Gasteiger partial charge in [0.2, 0.25) is 0 Å². The fraction of sp³-hybridized carbons (Fsp3) is 0.0189. The molecule has 0 atom stereocenters. The molecule has 3 heteroatoms. The molecular formula is C53H35NO2. The first-order valence-corrected chi connectivity index (χ1v) is 19.1. The van der Waals surface area contributed by atoms with Crippen LogP contribution in [0.5, 0.6) is 0 Å². The van der Waals surface area contributed by atoms with E-state index in [9.17, 15) is 0 Å². The molecule has 9 aromatic carbocycles. The fourth-order valence-corrected chi connectivity index (χ4v) is 8.43. The predicted octanol–water partition coefficient (Wildman–Crippen LogP) is 15.4. The van der Waals surface area contributed by atoms with Gasteiger partial charge in [-0.1, -0.05) is 145 Å². The lowest BCUT2D eigenvalue weighted by Gasteiger charge is -2.28. The summed E-state index contributed by atoms with van der Waals surface area (Å²) in [5.74, 6) is 0.